The molecule has 0 spiro atoms. The molecule has 15 heavy (non-hydrogen) atoms. The van der Waals surface area contributed by atoms with Crippen LogP contribution in [0.15, 0.2) is 9.65 Å². The molecule has 0 aliphatic heterocycles. The van der Waals surface area contributed by atoms with Crippen LogP contribution in [-0.2, 0) is 0 Å². The van der Waals surface area contributed by atoms with Crippen LogP contribution in [0.1, 0.15) is 20.8 Å². The fourth-order valence-corrected chi connectivity index (χ4v) is 2.04. The van der Waals surface area contributed by atoms with Gasteiger partial charge in [-0.2, -0.15) is 0 Å². The van der Waals surface area contributed by atoms with Crippen molar-refractivity contribution in [2.75, 3.05) is 0 Å². The molecular weight excluding hydrogens is 236 g/mol. The minimum absolute atomic E-state index is 0.0170. The van der Waals surface area contributed by atoms with E-state index in [4.69, 9.17) is 11.6 Å². The van der Waals surface area contributed by atoms with Gasteiger partial charge >= 0.3 is 0 Å². The number of fused-ring (bicyclic) bond motifs is 1. The summed E-state index contributed by atoms with van der Waals surface area (Å²) in [6.07, 6.45) is 0. The predicted octanol–water partition coefficient (Wildman–Crippen LogP) is 2.56. The first-order valence-corrected chi connectivity index (χ1v) is 5.50. The van der Waals surface area contributed by atoms with E-state index in [1.807, 2.05) is 0 Å². The van der Waals surface area contributed by atoms with E-state index in [0.717, 1.165) is 0 Å². The fraction of sp³-hybridized carbons (Fsp3) is 0.500. The van der Waals surface area contributed by atoms with Crippen LogP contribution in [0, 0.1) is 0 Å². The van der Waals surface area contributed by atoms with E-state index in [9.17, 15) is 0 Å². The molecule has 2 heterocycles. The van der Waals surface area contributed by atoms with Crippen LogP contribution in [0.2, 0.25) is 5.15 Å². The second-order valence-electron chi connectivity index (χ2n) is 3.95. The molecule has 0 unspecified atom stereocenters. The Kier molecular flexibility index (Phi) is 2.56. The van der Waals surface area contributed by atoms with E-state index in [0.29, 0.717) is 21.5 Å². The van der Waals surface area contributed by atoms with Crippen LogP contribution < -0.4 is 0 Å². The number of nitrogens with zero attached hydrogens (tertiary/aromatic N) is 4. The van der Waals surface area contributed by atoms with Crippen LogP contribution in [0.5, 0.6) is 0 Å². The molecule has 0 aliphatic rings. The number of rotatable bonds is 1. The van der Waals surface area contributed by atoms with Crippen LogP contribution in [0.3, 0.4) is 0 Å². The molecule has 0 fully saturated rings. The molecule has 2 aromatic heterocycles. The highest BCUT2D eigenvalue weighted by molar-refractivity contribution is 8.00. The van der Waals surface area contributed by atoms with Crippen molar-refractivity contribution in [3.63, 3.8) is 0 Å². The molecule has 0 atom stereocenters. The van der Waals surface area contributed by atoms with Gasteiger partial charge in [0, 0.05) is 4.75 Å². The monoisotopic (exact) mass is 244 g/mol. The van der Waals surface area contributed by atoms with E-state index in [1.165, 1.54) is 11.8 Å². The summed E-state index contributed by atoms with van der Waals surface area (Å²) < 4.78 is 4.53. The summed E-state index contributed by atoms with van der Waals surface area (Å²) in [6, 6.07) is 0. The molecule has 0 saturated carbocycles. The van der Waals surface area contributed by atoms with Crippen molar-refractivity contribution in [2.24, 2.45) is 0 Å². The SMILES string of the molecule is CC(C)(C)Sc1nc2nonc2nc1Cl. The lowest BCUT2D eigenvalue weighted by molar-refractivity contribution is 0.314. The average Bonchev–Trinajstić information content (AvgIpc) is 2.49. The van der Waals surface area contributed by atoms with Gasteiger partial charge in [-0.1, -0.05) is 44.1 Å². The lowest BCUT2D eigenvalue weighted by Crippen LogP contribution is -2.08. The summed E-state index contributed by atoms with van der Waals surface area (Å²) in [4.78, 5) is 8.26. The van der Waals surface area contributed by atoms with Crippen molar-refractivity contribution in [2.45, 2.75) is 30.5 Å². The highest BCUT2D eigenvalue weighted by atomic mass is 35.5. The second kappa shape index (κ2) is 3.61. The summed E-state index contributed by atoms with van der Waals surface area (Å²) in [5, 5.41) is 8.16. The molecule has 2 aromatic rings. The normalized spacial score (nSPS) is 12.3. The third-order valence-corrected chi connectivity index (χ3v) is 2.91. The molecule has 0 bridgehead atoms. The fourth-order valence-electron chi connectivity index (χ4n) is 0.958. The average molecular weight is 245 g/mol. The lowest BCUT2D eigenvalue weighted by atomic mass is 10.3. The van der Waals surface area contributed by atoms with Gasteiger partial charge in [-0.15, -0.1) is 0 Å². The summed E-state index contributed by atoms with van der Waals surface area (Å²) in [6.45, 7) is 6.21. The Morgan fingerprint density at radius 2 is 1.73 bits per heavy atom. The van der Waals surface area contributed by atoms with Crippen LogP contribution in [-0.4, -0.2) is 25.0 Å². The maximum atomic E-state index is 5.96. The molecule has 0 saturated heterocycles. The number of hydrogen-bond donors (Lipinski definition) is 0. The highest BCUT2D eigenvalue weighted by Gasteiger charge is 2.18. The van der Waals surface area contributed by atoms with Crippen molar-refractivity contribution in [3.05, 3.63) is 5.15 Å². The lowest BCUT2D eigenvalue weighted by Gasteiger charge is -2.16. The number of halogens is 1. The molecular formula is C8H9ClN4OS. The minimum atomic E-state index is 0.0170. The highest BCUT2D eigenvalue weighted by Crippen LogP contribution is 2.34. The van der Waals surface area contributed by atoms with E-state index in [-0.39, 0.29) is 4.75 Å². The molecule has 0 aliphatic carbocycles. The molecule has 0 aromatic carbocycles. The molecule has 0 N–H and O–H groups in total. The predicted molar refractivity (Wildman–Crippen MR) is 58.0 cm³/mol. The Morgan fingerprint density at radius 1 is 1.13 bits per heavy atom. The molecule has 0 amide bonds. The van der Waals surface area contributed by atoms with Crippen molar-refractivity contribution in [1.29, 1.82) is 0 Å². The zero-order valence-corrected chi connectivity index (χ0v) is 10.1. The molecule has 5 nitrogen and oxygen atoms in total. The first kappa shape index (κ1) is 10.6. The number of thioether (sulfide) groups is 1. The van der Waals surface area contributed by atoms with Gasteiger partial charge in [0.05, 0.1) is 0 Å². The summed E-state index contributed by atoms with van der Waals surface area (Å²) in [5.41, 5.74) is 0.712. The molecule has 2 rings (SSSR count). The molecule has 7 heteroatoms. The van der Waals surface area contributed by atoms with Crippen LogP contribution in [0.25, 0.3) is 11.3 Å². The number of hydrogen-bond acceptors (Lipinski definition) is 6. The Morgan fingerprint density at radius 3 is 2.33 bits per heavy atom. The van der Waals surface area contributed by atoms with Gasteiger partial charge in [0.1, 0.15) is 5.03 Å². The Hall–Kier alpha value is -0.880. The van der Waals surface area contributed by atoms with Gasteiger partial charge in [0.25, 0.3) is 0 Å². The van der Waals surface area contributed by atoms with Crippen molar-refractivity contribution in [3.8, 4) is 0 Å². The third-order valence-electron chi connectivity index (χ3n) is 1.45. The van der Waals surface area contributed by atoms with Gasteiger partial charge in [0.2, 0.25) is 11.3 Å². The Bertz CT molecular complexity index is 493. The van der Waals surface area contributed by atoms with Gasteiger partial charge in [0.15, 0.2) is 5.15 Å². The van der Waals surface area contributed by atoms with Crippen LogP contribution >= 0.6 is 23.4 Å². The standard InChI is InChI=1S/C8H9ClN4OS/c1-8(2,3)15-7-4(9)10-5-6(11-7)13-14-12-5/h1-3H3. The summed E-state index contributed by atoms with van der Waals surface area (Å²) in [5.74, 6) is 0. The Balaban J connectivity index is 2.46. The quantitative estimate of drug-likeness (QED) is 0.719. The maximum Gasteiger partial charge on any atom is 0.244 e. The first-order valence-electron chi connectivity index (χ1n) is 4.30. The zero-order valence-electron chi connectivity index (χ0n) is 8.48. The topological polar surface area (TPSA) is 64.7 Å². The maximum absolute atomic E-state index is 5.96. The largest absolute Gasteiger partial charge is 0.244 e. The van der Waals surface area contributed by atoms with Crippen molar-refractivity contribution >= 4 is 34.7 Å². The van der Waals surface area contributed by atoms with Gasteiger partial charge in [-0.05, 0) is 10.3 Å². The van der Waals surface area contributed by atoms with Gasteiger partial charge in [-0.3, -0.25) is 0 Å². The van der Waals surface area contributed by atoms with Crippen LogP contribution in [0.4, 0.5) is 0 Å². The first-order chi connectivity index (χ1) is 6.96. The van der Waals surface area contributed by atoms with E-state index in [2.05, 4.69) is 45.7 Å². The smallest absolute Gasteiger partial charge is 0.240 e. The van der Waals surface area contributed by atoms with E-state index >= 15 is 0 Å². The van der Waals surface area contributed by atoms with E-state index < -0.39 is 0 Å². The third kappa shape index (κ3) is 2.38. The molecule has 80 valence electrons. The van der Waals surface area contributed by atoms with Gasteiger partial charge < -0.3 is 0 Å². The Labute approximate surface area is 95.6 Å². The number of aromatic nitrogens is 4. The molecule has 0 radical (unpaired) electrons. The summed E-state index contributed by atoms with van der Waals surface area (Å²) >= 11 is 7.49. The summed E-state index contributed by atoms with van der Waals surface area (Å²) in [7, 11) is 0. The van der Waals surface area contributed by atoms with Crippen molar-refractivity contribution in [1.82, 2.24) is 20.3 Å². The van der Waals surface area contributed by atoms with Crippen molar-refractivity contribution < 1.29 is 4.63 Å². The zero-order chi connectivity index (χ0) is 11.1. The second-order valence-corrected chi connectivity index (χ2v) is 6.12. The van der Waals surface area contributed by atoms with E-state index in [1.54, 1.807) is 0 Å². The van der Waals surface area contributed by atoms with Gasteiger partial charge in [-0.25, -0.2) is 14.6 Å². The minimum Gasteiger partial charge on any atom is -0.240 e.